The molecule has 0 N–H and O–H groups in total. The summed E-state index contributed by atoms with van der Waals surface area (Å²) in [6.45, 7) is 0.120. The minimum absolute atomic E-state index is 0.120. The van der Waals surface area contributed by atoms with Crippen molar-refractivity contribution in [3.8, 4) is 11.5 Å². The second-order valence-electron chi connectivity index (χ2n) is 6.79. The number of aromatic nitrogens is 1. The van der Waals surface area contributed by atoms with Gasteiger partial charge in [0.25, 0.3) is 0 Å². The van der Waals surface area contributed by atoms with Crippen LogP contribution < -0.4 is 14.4 Å². The van der Waals surface area contributed by atoms with Crippen molar-refractivity contribution < 1.29 is 23.0 Å². The highest BCUT2D eigenvalue weighted by Crippen LogP contribution is 2.57. The van der Waals surface area contributed by atoms with Crippen LogP contribution in [0.1, 0.15) is 24.0 Å². The average molecular weight is 395 g/mol. The van der Waals surface area contributed by atoms with Crippen LogP contribution in [-0.4, -0.2) is 31.5 Å². The maximum atomic E-state index is 15.0. The first-order valence-corrected chi connectivity index (χ1v) is 8.81. The minimum Gasteiger partial charge on any atom is -0.493 e. The molecule has 0 radical (unpaired) electrons. The number of pyridine rings is 1. The van der Waals surface area contributed by atoms with Crippen molar-refractivity contribution in [2.24, 2.45) is 0 Å². The Kier molecular flexibility index (Phi) is 4.22. The molecule has 1 saturated carbocycles. The Bertz CT molecular complexity index is 905. The summed E-state index contributed by atoms with van der Waals surface area (Å²) in [4.78, 5) is 17.6. The summed E-state index contributed by atoms with van der Waals surface area (Å²) in [5, 5.41) is 0.332. The molecular weight excluding hydrogens is 378 g/mol. The molecule has 0 amide bonds. The molecule has 1 unspecified atom stereocenters. The molecule has 2 heterocycles. The van der Waals surface area contributed by atoms with Gasteiger partial charge in [-0.2, -0.15) is 0 Å². The van der Waals surface area contributed by atoms with Crippen molar-refractivity contribution in [2.45, 2.75) is 30.8 Å². The van der Waals surface area contributed by atoms with Crippen LogP contribution in [-0.2, 0) is 16.8 Å². The van der Waals surface area contributed by atoms with E-state index in [0.717, 1.165) is 36.3 Å². The number of carbonyl (C=O) groups excluding carboxylic acids is 1. The highest BCUT2D eigenvalue weighted by molar-refractivity contribution is 6.29. The molecule has 1 aliphatic heterocycles. The predicted octanol–water partition coefficient (Wildman–Crippen LogP) is 3.65. The lowest BCUT2D eigenvalue weighted by Gasteiger charge is -2.42. The molecule has 1 aromatic carbocycles. The van der Waals surface area contributed by atoms with Crippen LogP contribution in [0.25, 0.3) is 0 Å². The summed E-state index contributed by atoms with van der Waals surface area (Å²) >= 11 is 6.04. The van der Waals surface area contributed by atoms with Gasteiger partial charge in [0.1, 0.15) is 17.1 Å². The topological polar surface area (TPSA) is 51.7 Å². The highest BCUT2D eigenvalue weighted by Gasteiger charge is 2.57. The molecule has 1 fully saturated rings. The van der Waals surface area contributed by atoms with Gasteiger partial charge in [-0.3, -0.25) is 0 Å². The highest BCUT2D eigenvalue weighted by atomic mass is 35.5. The third kappa shape index (κ3) is 2.56. The third-order valence-electron chi connectivity index (χ3n) is 5.49. The summed E-state index contributed by atoms with van der Waals surface area (Å²) in [5.74, 6) is -2.05. The Balaban J connectivity index is 1.93. The number of hydrogen-bond acceptors (Lipinski definition) is 5. The first-order chi connectivity index (χ1) is 13.0. The number of rotatable bonds is 4. The van der Waals surface area contributed by atoms with Crippen LogP contribution in [0.5, 0.6) is 11.5 Å². The number of aldehydes is 1. The van der Waals surface area contributed by atoms with Crippen LogP contribution in [0, 0.1) is 11.6 Å². The van der Waals surface area contributed by atoms with Crippen molar-refractivity contribution in [3.05, 3.63) is 46.2 Å². The van der Waals surface area contributed by atoms with Crippen LogP contribution in [0.2, 0.25) is 5.15 Å². The molecular formula is C19H17ClF2N2O3. The molecule has 2 aliphatic rings. The van der Waals surface area contributed by atoms with Crippen molar-refractivity contribution in [3.63, 3.8) is 0 Å². The van der Waals surface area contributed by atoms with E-state index in [1.165, 1.54) is 19.1 Å². The van der Waals surface area contributed by atoms with Gasteiger partial charge in [0, 0.05) is 24.2 Å². The summed E-state index contributed by atoms with van der Waals surface area (Å²) in [6.07, 6.45) is 3.79. The van der Waals surface area contributed by atoms with Crippen molar-refractivity contribution in [1.82, 2.24) is 4.98 Å². The zero-order chi connectivity index (χ0) is 19.3. The Morgan fingerprint density at radius 2 is 1.85 bits per heavy atom. The van der Waals surface area contributed by atoms with Crippen LogP contribution in [0.3, 0.4) is 0 Å². The van der Waals surface area contributed by atoms with E-state index in [2.05, 4.69) is 4.98 Å². The smallest absolute Gasteiger partial charge is 0.191 e. The second-order valence-corrected chi connectivity index (χ2v) is 7.17. The van der Waals surface area contributed by atoms with Crippen LogP contribution >= 0.6 is 11.6 Å². The molecule has 5 nitrogen and oxygen atoms in total. The maximum absolute atomic E-state index is 15.0. The van der Waals surface area contributed by atoms with Gasteiger partial charge in [-0.1, -0.05) is 11.6 Å². The SMILES string of the molecule is COc1cc(OC)c(F)c(N2Cc3cnc(Cl)cc3C3(CC3)C2C=O)c1F. The van der Waals surface area contributed by atoms with E-state index in [1.54, 1.807) is 12.3 Å². The van der Waals surface area contributed by atoms with Gasteiger partial charge < -0.3 is 19.2 Å². The number of nitrogens with zero attached hydrogens (tertiary/aromatic N) is 2. The number of anilines is 1. The van der Waals surface area contributed by atoms with Crippen molar-refractivity contribution in [2.75, 3.05) is 19.1 Å². The third-order valence-corrected chi connectivity index (χ3v) is 5.69. The normalized spacial score (nSPS) is 19.6. The summed E-state index contributed by atoms with van der Waals surface area (Å²) in [5.41, 5.74) is 0.856. The zero-order valence-electron chi connectivity index (χ0n) is 14.8. The van der Waals surface area contributed by atoms with Crippen LogP contribution in [0.4, 0.5) is 14.5 Å². The first kappa shape index (κ1) is 18.0. The number of fused-ring (bicyclic) bond motifs is 2. The molecule has 0 bridgehead atoms. The lowest BCUT2D eigenvalue weighted by molar-refractivity contribution is -0.109. The monoisotopic (exact) mass is 394 g/mol. The summed E-state index contributed by atoms with van der Waals surface area (Å²) in [6, 6.07) is 2.16. The number of methoxy groups -OCH3 is 2. The molecule has 27 heavy (non-hydrogen) atoms. The molecule has 1 aromatic heterocycles. The zero-order valence-corrected chi connectivity index (χ0v) is 15.5. The van der Waals surface area contributed by atoms with Gasteiger partial charge in [0.05, 0.1) is 20.3 Å². The number of carbonyl (C=O) groups is 1. The second kappa shape index (κ2) is 6.34. The molecule has 1 atom stereocenters. The van der Waals surface area contributed by atoms with E-state index in [1.807, 2.05) is 0 Å². The summed E-state index contributed by atoms with van der Waals surface area (Å²) in [7, 11) is 2.58. The van der Waals surface area contributed by atoms with Crippen molar-refractivity contribution in [1.29, 1.82) is 0 Å². The number of benzene rings is 1. The molecule has 8 heteroatoms. The van der Waals surface area contributed by atoms with Gasteiger partial charge >= 0.3 is 0 Å². The average Bonchev–Trinajstić information content (AvgIpc) is 3.44. The fraction of sp³-hybridized carbons (Fsp3) is 0.368. The number of hydrogen-bond donors (Lipinski definition) is 0. The van der Waals surface area contributed by atoms with Gasteiger partial charge in [-0.25, -0.2) is 13.8 Å². The van der Waals surface area contributed by atoms with Gasteiger partial charge in [-0.15, -0.1) is 0 Å². The van der Waals surface area contributed by atoms with E-state index in [0.29, 0.717) is 5.15 Å². The fourth-order valence-electron chi connectivity index (χ4n) is 4.03. The number of halogens is 3. The quantitative estimate of drug-likeness (QED) is 0.585. The molecule has 1 aliphatic carbocycles. The Morgan fingerprint density at radius 1 is 1.22 bits per heavy atom. The van der Waals surface area contributed by atoms with E-state index in [9.17, 15) is 4.79 Å². The van der Waals surface area contributed by atoms with Gasteiger partial charge in [0.2, 0.25) is 0 Å². The number of ether oxygens (including phenoxy) is 2. The molecule has 4 rings (SSSR count). The molecule has 142 valence electrons. The van der Waals surface area contributed by atoms with E-state index in [-0.39, 0.29) is 23.7 Å². The standard InChI is InChI=1S/C19H17ClF2N2O3/c1-26-12-6-13(27-2)17(22)18(16(12)21)24-8-10-7-23-15(20)5-11(10)19(3-4-19)14(24)9-25/h5-7,9,14H,3-4,8H2,1-2H3. The molecule has 2 aromatic rings. The Labute approximate surface area is 159 Å². The van der Waals surface area contributed by atoms with Gasteiger partial charge in [0.15, 0.2) is 23.1 Å². The maximum Gasteiger partial charge on any atom is 0.191 e. The largest absolute Gasteiger partial charge is 0.493 e. The first-order valence-electron chi connectivity index (χ1n) is 8.43. The lowest BCUT2D eigenvalue weighted by Crippen LogP contribution is -2.49. The predicted molar refractivity (Wildman–Crippen MR) is 95.7 cm³/mol. The van der Waals surface area contributed by atoms with E-state index >= 15 is 8.78 Å². The molecule has 1 spiro atoms. The molecule has 0 saturated heterocycles. The lowest BCUT2D eigenvalue weighted by atomic mass is 9.81. The van der Waals surface area contributed by atoms with Gasteiger partial charge in [-0.05, 0) is 30.0 Å². The fourth-order valence-corrected chi connectivity index (χ4v) is 4.19. The Hall–Kier alpha value is -2.41. The van der Waals surface area contributed by atoms with Crippen molar-refractivity contribution >= 4 is 23.6 Å². The summed E-state index contributed by atoms with van der Waals surface area (Å²) < 4.78 is 40.1. The van der Waals surface area contributed by atoms with E-state index in [4.69, 9.17) is 21.1 Å². The van der Waals surface area contributed by atoms with E-state index < -0.39 is 23.1 Å². The minimum atomic E-state index is -0.871. The Morgan fingerprint density at radius 3 is 2.37 bits per heavy atom. The van der Waals surface area contributed by atoms with Crippen LogP contribution in [0.15, 0.2) is 18.3 Å².